The molecule has 4 heteroatoms. The Kier molecular flexibility index (Phi) is 4.63. The first kappa shape index (κ1) is 14.2. The molecular formula is C17H26N4. The van der Waals surface area contributed by atoms with Crippen LogP contribution in [0.25, 0.3) is 0 Å². The second-order valence-electron chi connectivity index (χ2n) is 5.95. The minimum atomic E-state index is 0.784. The van der Waals surface area contributed by atoms with E-state index in [1.54, 1.807) is 0 Å². The minimum Gasteiger partial charge on any atom is -0.388 e. The van der Waals surface area contributed by atoms with E-state index >= 15 is 0 Å². The van der Waals surface area contributed by atoms with Crippen molar-refractivity contribution in [1.82, 2.24) is 9.80 Å². The monoisotopic (exact) mass is 286 g/mol. The lowest BCUT2D eigenvalue weighted by atomic mass is 10.2. The predicted octanol–water partition coefficient (Wildman–Crippen LogP) is 2.78. The first-order chi connectivity index (χ1) is 10.4. The van der Waals surface area contributed by atoms with Gasteiger partial charge in [0.05, 0.1) is 6.54 Å². The first-order valence-electron chi connectivity index (χ1n) is 8.18. The minimum absolute atomic E-state index is 0.784. The molecule has 1 aromatic rings. The summed E-state index contributed by atoms with van der Waals surface area (Å²) >= 11 is 0. The molecule has 114 valence electrons. The van der Waals surface area contributed by atoms with E-state index in [1.165, 1.54) is 63.4 Å². The molecule has 4 nitrogen and oxygen atoms in total. The summed E-state index contributed by atoms with van der Waals surface area (Å²) in [6.07, 6.45) is 5.24. The molecule has 0 atom stereocenters. The Morgan fingerprint density at radius 3 is 1.95 bits per heavy atom. The van der Waals surface area contributed by atoms with Gasteiger partial charge >= 0.3 is 0 Å². The maximum Gasteiger partial charge on any atom is 0.196 e. The zero-order chi connectivity index (χ0) is 14.5. The smallest absolute Gasteiger partial charge is 0.196 e. The molecule has 0 unspecified atom stereocenters. The molecule has 0 amide bonds. The summed E-state index contributed by atoms with van der Waals surface area (Å²) in [5.41, 5.74) is 2.44. The van der Waals surface area contributed by atoms with Crippen molar-refractivity contribution < 1.29 is 0 Å². The van der Waals surface area contributed by atoms with Gasteiger partial charge in [0.1, 0.15) is 0 Å². The zero-order valence-corrected chi connectivity index (χ0v) is 13.0. The molecule has 2 aliphatic rings. The van der Waals surface area contributed by atoms with Crippen molar-refractivity contribution in [3.05, 3.63) is 29.8 Å². The molecule has 0 aromatic heterocycles. The summed E-state index contributed by atoms with van der Waals surface area (Å²) in [6, 6.07) is 8.58. The fourth-order valence-corrected chi connectivity index (χ4v) is 3.17. The van der Waals surface area contributed by atoms with E-state index in [2.05, 4.69) is 39.4 Å². The van der Waals surface area contributed by atoms with Gasteiger partial charge in [-0.1, -0.05) is 12.1 Å². The van der Waals surface area contributed by atoms with Gasteiger partial charge in [-0.2, -0.15) is 0 Å². The Morgan fingerprint density at radius 2 is 1.48 bits per heavy atom. The molecule has 0 spiro atoms. The van der Waals surface area contributed by atoms with Crippen LogP contribution >= 0.6 is 0 Å². The summed E-state index contributed by atoms with van der Waals surface area (Å²) in [4.78, 5) is 9.92. The summed E-state index contributed by atoms with van der Waals surface area (Å²) in [6.45, 7) is 5.48. The fraction of sp³-hybridized carbons (Fsp3) is 0.588. The van der Waals surface area contributed by atoms with Crippen LogP contribution < -0.4 is 5.32 Å². The van der Waals surface area contributed by atoms with Crippen molar-refractivity contribution in [3.8, 4) is 0 Å². The first-order valence-corrected chi connectivity index (χ1v) is 8.18. The molecule has 0 aliphatic carbocycles. The van der Waals surface area contributed by atoms with Gasteiger partial charge in [0.2, 0.25) is 0 Å². The summed E-state index contributed by atoms with van der Waals surface area (Å²) < 4.78 is 0. The highest BCUT2D eigenvalue weighted by Crippen LogP contribution is 2.17. The second-order valence-corrected chi connectivity index (χ2v) is 5.95. The summed E-state index contributed by atoms with van der Waals surface area (Å²) in [5.74, 6) is 1.24. The topological polar surface area (TPSA) is 30.9 Å². The largest absolute Gasteiger partial charge is 0.388 e. The van der Waals surface area contributed by atoms with E-state index in [4.69, 9.17) is 4.99 Å². The van der Waals surface area contributed by atoms with E-state index in [9.17, 15) is 0 Å². The van der Waals surface area contributed by atoms with E-state index in [-0.39, 0.29) is 0 Å². The maximum atomic E-state index is 4.96. The van der Waals surface area contributed by atoms with Crippen LogP contribution in [0.3, 0.4) is 0 Å². The lowest BCUT2D eigenvalue weighted by Gasteiger charge is -2.28. The van der Waals surface area contributed by atoms with Gasteiger partial charge in [0.15, 0.2) is 5.96 Å². The molecule has 21 heavy (non-hydrogen) atoms. The van der Waals surface area contributed by atoms with Crippen LogP contribution in [0.2, 0.25) is 0 Å². The van der Waals surface area contributed by atoms with Gasteiger partial charge < -0.3 is 15.1 Å². The number of aliphatic imine (C=N–C) groups is 1. The number of nitrogens with zero attached hydrogens (tertiary/aromatic N) is 3. The third-order valence-corrected chi connectivity index (χ3v) is 4.42. The maximum absolute atomic E-state index is 4.96. The highest BCUT2D eigenvalue weighted by atomic mass is 15.4. The normalized spacial score (nSPS) is 18.1. The van der Waals surface area contributed by atoms with Crippen molar-refractivity contribution in [2.45, 2.75) is 32.2 Å². The molecule has 2 saturated heterocycles. The lowest BCUT2D eigenvalue weighted by molar-refractivity contribution is 0.392. The molecule has 0 saturated carbocycles. The Balaban J connectivity index is 1.71. The van der Waals surface area contributed by atoms with E-state index in [0.29, 0.717) is 0 Å². The molecule has 2 aliphatic heterocycles. The number of hydrogen-bond donors (Lipinski definition) is 1. The van der Waals surface area contributed by atoms with Gasteiger partial charge in [0.25, 0.3) is 0 Å². The molecule has 0 radical (unpaired) electrons. The Morgan fingerprint density at radius 1 is 0.952 bits per heavy atom. The molecule has 1 aromatic carbocycles. The standard InChI is InChI=1S/C17H26N4/c1-18-16-8-6-15(7-9-16)14-19-17(20-10-2-3-11-20)21-12-4-5-13-21/h6-9,18H,2-5,10-14H2,1H3. The van der Waals surface area contributed by atoms with Crippen LogP contribution in [0, 0.1) is 0 Å². The Hall–Kier alpha value is -1.71. The van der Waals surface area contributed by atoms with Crippen LogP contribution in [0.5, 0.6) is 0 Å². The summed E-state index contributed by atoms with van der Waals surface area (Å²) in [7, 11) is 1.95. The number of benzene rings is 1. The third kappa shape index (κ3) is 3.49. The SMILES string of the molecule is CNc1ccc(CN=C(N2CCCC2)N2CCCC2)cc1. The lowest BCUT2D eigenvalue weighted by Crippen LogP contribution is -2.41. The average molecular weight is 286 g/mol. The Labute approximate surface area is 127 Å². The fourth-order valence-electron chi connectivity index (χ4n) is 3.17. The van der Waals surface area contributed by atoms with E-state index < -0.39 is 0 Å². The van der Waals surface area contributed by atoms with Crippen LogP contribution in [-0.2, 0) is 6.54 Å². The highest BCUT2D eigenvalue weighted by molar-refractivity contribution is 5.80. The molecule has 0 bridgehead atoms. The third-order valence-electron chi connectivity index (χ3n) is 4.42. The van der Waals surface area contributed by atoms with E-state index in [1.807, 2.05) is 7.05 Å². The average Bonchev–Trinajstić information content (AvgIpc) is 3.22. The van der Waals surface area contributed by atoms with Crippen LogP contribution in [0.15, 0.2) is 29.3 Å². The van der Waals surface area contributed by atoms with Crippen LogP contribution in [0.4, 0.5) is 5.69 Å². The number of likely N-dealkylation sites (tertiary alicyclic amines) is 2. The van der Waals surface area contributed by atoms with Gasteiger partial charge in [-0.15, -0.1) is 0 Å². The molecule has 1 N–H and O–H groups in total. The van der Waals surface area contributed by atoms with Gasteiger partial charge in [0, 0.05) is 38.9 Å². The van der Waals surface area contributed by atoms with Crippen molar-refractivity contribution in [2.75, 3.05) is 38.5 Å². The number of guanidine groups is 1. The highest BCUT2D eigenvalue weighted by Gasteiger charge is 2.23. The van der Waals surface area contributed by atoms with Crippen molar-refractivity contribution in [1.29, 1.82) is 0 Å². The number of rotatable bonds is 3. The summed E-state index contributed by atoms with van der Waals surface area (Å²) in [5, 5.41) is 3.16. The van der Waals surface area contributed by atoms with Gasteiger partial charge in [-0.3, -0.25) is 0 Å². The molecular weight excluding hydrogens is 260 g/mol. The molecule has 2 fully saturated rings. The van der Waals surface area contributed by atoms with Crippen molar-refractivity contribution in [3.63, 3.8) is 0 Å². The zero-order valence-electron chi connectivity index (χ0n) is 13.0. The molecule has 2 heterocycles. The predicted molar refractivity (Wildman–Crippen MR) is 88.7 cm³/mol. The Bertz CT molecular complexity index is 450. The van der Waals surface area contributed by atoms with Gasteiger partial charge in [-0.05, 0) is 43.4 Å². The van der Waals surface area contributed by atoms with Crippen molar-refractivity contribution in [2.24, 2.45) is 4.99 Å². The van der Waals surface area contributed by atoms with E-state index in [0.717, 1.165) is 12.2 Å². The quantitative estimate of drug-likeness (QED) is 0.685. The number of anilines is 1. The second kappa shape index (κ2) is 6.83. The van der Waals surface area contributed by atoms with Crippen LogP contribution in [0.1, 0.15) is 31.2 Å². The van der Waals surface area contributed by atoms with Gasteiger partial charge in [-0.25, -0.2) is 4.99 Å². The van der Waals surface area contributed by atoms with Crippen molar-refractivity contribution >= 4 is 11.6 Å². The molecule has 3 rings (SSSR count). The number of nitrogens with one attached hydrogen (secondary N) is 1. The number of hydrogen-bond acceptors (Lipinski definition) is 2. The van der Waals surface area contributed by atoms with Crippen LogP contribution in [-0.4, -0.2) is 49.0 Å².